The standard InChI is InChI=1S/C23H20O7/c1-2-26-23(25)22-16(14-4-6-19-21(10-14)30-12-28-19)7-15(8-17(22)24)13-3-5-18-20(9-13)29-11-27-18/h3-6,8-10,16,22H,2,7,11-12H2,1H3. The molecule has 7 heteroatoms. The Morgan fingerprint density at radius 1 is 0.967 bits per heavy atom. The number of hydrogen-bond acceptors (Lipinski definition) is 7. The highest BCUT2D eigenvalue weighted by Gasteiger charge is 2.40. The molecule has 2 heterocycles. The third kappa shape index (κ3) is 3.16. The molecular formula is C23H20O7. The molecule has 2 unspecified atom stereocenters. The van der Waals surface area contributed by atoms with Crippen molar-refractivity contribution in [1.29, 1.82) is 0 Å². The van der Waals surface area contributed by atoms with Gasteiger partial charge in [0.05, 0.1) is 6.61 Å². The summed E-state index contributed by atoms with van der Waals surface area (Å²) in [6.45, 7) is 2.29. The Kier molecular flexibility index (Phi) is 4.58. The number of hydrogen-bond donors (Lipinski definition) is 0. The highest BCUT2D eigenvalue weighted by Crippen LogP contribution is 2.44. The summed E-state index contributed by atoms with van der Waals surface area (Å²) in [5.74, 6) is 0.536. The van der Waals surface area contributed by atoms with Crippen LogP contribution < -0.4 is 18.9 Å². The Hall–Kier alpha value is -3.48. The van der Waals surface area contributed by atoms with Crippen LogP contribution in [0.3, 0.4) is 0 Å². The Balaban J connectivity index is 1.53. The number of allylic oxidation sites excluding steroid dienone is 2. The second-order valence-corrected chi connectivity index (χ2v) is 7.29. The van der Waals surface area contributed by atoms with E-state index in [1.807, 2.05) is 36.4 Å². The smallest absolute Gasteiger partial charge is 0.317 e. The summed E-state index contributed by atoms with van der Waals surface area (Å²) in [5.41, 5.74) is 2.53. The maximum absolute atomic E-state index is 13.1. The fraction of sp³-hybridized carbons (Fsp3) is 0.304. The summed E-state index contributed by atoms with van der Waals surface area (Å²) in [5, 5.41) is 0. The van der Waals surface area contributed by atoms with Crippen molar-refractivity contribution >= 4 is 17.3 Å². The highest BCUT2D eigenvalue weighted by molar-refractivity contribution is 6.10. The zero-order valence-corrected chi connectivity index (χ0v) is 16.4. The quantitative estimate of drug-likeness (QED) is 0.566. The lowest BCUT2D eigenvalue weighted by molar-refractivity contribution is -0.151. The van der Waals surface area contributed by atoms with Gasteiger partial charge in [-0.2, -0.15) is 0 Å². The minimum absolute atomic E-state index is 0.159. The van der Waals surface area contributed by atoms with E-state index in [9.17, 15) is 9.59 Å². The van der Waals surface area contributed by atoms with Crippen LogP contribution in [0.2, 0.25) is 0 Å². The van der Waals surface area contributed by atoms with Crippen LogP contribution in [0.4, 0.5) is 0 Å². The molecule has 0 saturated heterocycles. The van der Waals surface area contributed by atoms with E-state index in [-0.39, 0.29) is 31.9 Å². The lowest BCUT2D eigenvalue weighted by atomic mass is 9.73. The van der Waals surface area contributed by atoms with Gasteiger partial charge in [0.2, 0.25) is 13.6 Å². The van der Waals surface area contributed by atoms with Gasteiger partial charge in [0.15, 0.2) is 28.8 Å². The van der Waals surface area contributed by atoms with Gasteiger partial charge in [0.1, 0.15) is 5.92 Å². The molecule has 2 aromatic carbocycles. The van der Waals surface area contributed by atoms with Gasteiger partial charge >= 0.3 is 5.97 Å². The molecule has 0 radical (unpaired) electrons. The Bertz CT molecular complexity index is 1060. The Labute approximate surface area is 173 Å². The first-order chi connectivity index (χ1) is 14.6. The van der Waals surface area contributed by atoms with Crippen LogP contribution in [0.1, 0.15) is 30.4 Å². The third-order valence-electron chi connectivity index (χ3n) is 5.57. The molecule has 2 aliphatic heterocycles. The maximum Gasteiger partial charge on any atom is 0.317 e. The highest BCUT2D eigenvalue weighted by atomic mass is 16.7. The first-order valence-electron chi connectivity index (χ1n) is 9.84. The van der Waals surface area contributed by atoms with Crippen molar-refractivity contribution in [3.63, 3.8) is 0 Å². The minimum Gasteiger partial charge on any atom is -0.465 e. The van der Waals surface area contributed by atoms with Gasteiger partial charge < -0.3 is 23.7 Å². The van der Waals surface area contributed by atoms with Crippen molar-refractivity contribution < 1.29 is 33.3 Å². The topological polar surface area (TPSA) is 80.3 Å². The lowest BCUT2D eigenvalue weighted by Crippen LogP contribution is -2.34. The molecule has 1 aliphatic carbocycles. The van der Waals surface area contributed by atoms with Gasteiger partial charge in [-0.3, -0.25) is 9.59 Å². The molecule has 0 bridgehead atoms. The lowest BCUT2D eigenvalue weighted by Gasteiger charge is -2.29. The summed E-state index contributed by atoms with van der Waals surface area (Å²) in [6.07, 6.45) is 2.04. The van der Waals surface area contributed by atoms with Crippen LogP contribution in [0.15, 0.2) is 42.5 Å². The van der Waals surface area contributed by atoms with Gasteiger partial charge in [-0.1, -0.05) is 12.1 Å². The second-order valence-electron chi connectivity index (χ2n) is 7.29. The van der Waals surface area contributed by atoms with Crippen LogP contribution in [0.25, 0.3) is 5.57 Å². The summed E-state index contributed by atoms with van der Waals surface area (Å²) >= 11 is 0. The van der Waals surface area contributed by atoms with Gasteiger partial charge in [-0.25, -0.2) is 0 Å². The molecule has 0 N–H and O–H groups in total. The van der Waals surface area contributed by atoms with E-state index in [2.05, 4.69) is 0 Å². The van der Waals surface area contributed by atoms with E-state index < -0.39 is 11.9 Å². The first-order valence-corrected chi connectivity index (χ1v) is 9.84. The summed E-state index contributed by atoms with van der Waals surface area (Å²) in [7, 11) is 0. The molecule has 7 nitrogen and oxygen atoms in total. The van der Waals surface area contributed by atoms with Crippen LogP contribution in [-0.2, 0) is 14.3 Å². The summed E-state index contributed by atoms with van der Waals surface area (Å²) in [4.78, 5) is 25.7. The molecule has 0 amide bonds. The SMILES string of the molecule is CCOC(=O)C1C(=O)C=C(c2ccc3c(c2)OCO3)CC1c1ccc2c(c1)OCO2. The third-order valence-corrected chi connectivity index (χ3v) is 5.57. The van der Waals surface area contributed by atoms with Crippen molar-refractivity contribution in [2.24, 2.45) is 5.92 Å². The van der Waals surface area contributed by atoms with Crippen molar-refractivity contribution in [3.05, 3.63) is 53.6 Å². The number of fused-ring (bicyclic) bond motifs is 2. The zero-order valence-electron chi connectivity index (χ0n) is 16.4. The van der Waals surface area contributed by atoms with Gasteiger partial charge in [-0.05, 0) is 60.4 Å². The Morgan fingerprint density at radius 2 is 1.63 bits per heavy atom. The van der Waals surface area contributed by atoms with Crippen molar-refractivity contribution in [3.8, 4) is 23.0 Å². The van der Waals surface area contributed by atoms with Gasteiger partial charge in [0.25, 0.3) is 0 Å². The normalized spacial score (nSPS) is 21.4. The number of ether oxygens (including phenoxy) is 5. The monoisotopic (exact) mass is 408 g/mol. The van der Waals surface area contributed by atoms with Crippen LogP contribution in [0.5, 0.6) is 23.0 Å². The van der Waals surface area contributed by atoms with E-state index in [1.54, 1.807) is 13.0 Å². The molecule has 0 fully saturated rings. The zero-order chi connectivity index (χ0) is 20.7. The van der Waals surface area contributed by atoms with Gasteiger partial charge in [-0.15, -0.1) is 0 Å². The van der Waals surface area contributed by atoms with E-state index in [0.29, 0.717) is 29.4 Å². The molecule has 0 saturated carbocycles. The second kappa shape index (κ2) is 7.40. The van der Waals surface area contributed by atoms with Crippen molar-refractivity contribution in [1.82, 2.24) is 0 Å². The van der Waals surface area contributed by atoms with Gasteiger partial charge in [0, 0.05) is 5.92 Å². The van der Waals surface area contributed by atoms with E-state index in [1.165, 1.54) is 0 Å². The van der Waals surface area contributed by atoms with Crippen LogP contribution in [-0.4, -0.2) is 31.9 Å². The fourth-order valence-electron chi connectivity index (χ4n) is 4.14. The molecule has 0 aromatic heterocycles. The average molecular weight is 408 g/mol. The van der Waals surface area contributed by atoms with E-state index in [0.717, 1.165) is 16.7 Å². The van der Waals surface area contributed by atoms with Crippen LogP contribution >= 0.6 is 0 Å². The number of benzene rings is 2. The molecule has 30 heavy (non-hydrogen) atoms. The number of esters is 1. The molecule has 2 aromatic rings. The van der Waals surface area contributed by atoms with Crippen LogP contribution in [0, 0.1) is 5.92 Å². The number of carbonyl (C=O) groups is 2. The fourth-order valence-corrected chi connectivity index (χ4v) is 4.14. The molecule has 5 rings (SSSR count). The molecule has 0 spiro atoms. The minimum atomic E-state index is -0.900. The molecule has 154 valence electrons. The average Bonchev–Trinajstić information content (AvgIpc) is 3.41. The summed E-state index contributed by atoms with van der Waals surface area (Å²) in [6, 6.07) is 11.1. The number of ketones is 1. The number of rotatable bonds is 4. The first kappa shape index (κ1) is 18.5. The molecule has 3 aliphatic rings. The molecule has 2 atom stereocenters. The number of carbonyl (C=O) groups excluding carboxylic acids is 2. The predicted molar refractivity (Wildman–Crippen MR) is 106 cm³/mol. The Morgan fingerprint density at radius 3 is 2.37 bits per heavy atom. The van der Waals surface area contributed by atoms with E-state index in [4.69, 9.17) is 23.7 Å². The largest absolute Gasteiger partial charge is 0.465 e. The van der Waals surface area contributed by atoms with Crippen molar-refractivity contribution in [2.45, 2.75) is 19.3 Å². The molecular weight excluding hydrogens is 388 g/mol. The summed E-state index contributed by atoms with van der Waals surface area (Å²) < 4.78 is 26.9. The van der Waals surface area contributed by atoms with Crippen molar-refractivity contribution in [2.75, 3.05) is 20.2 Å². The maximum atomic E-state index is 13.1. The van der Waals surface area contributed by atoms with E-state index >= 15 is 0 Å². The predicted octanol–water partition coefficient (Wildman–Crippen LogP) is 3.46.